The standard InChI is InChI=1S/C9H10O4.C8H8O4/c1-5-3-2-4-6(8(10)11)7(5)9(12)13;9-7(10)5-3-1-2-4-6(5)8(11)12/h2-4,6-7H,1H3,(H,10,11)(H,12,13);1-2H,3-4H2,(H,9,10)(H,11,12). The maximum absolute atomic E-state index is 10.7. The summed E-state index contributed by atoms with van der Waals surface area (Å²) >= 11 is 0. The Morgan fingerprint density at radius 1 is 0.880 bits per heavy atom. The van der Waals surface area contributed by atoms with Gasteiger partial charge < -0.3 is 20.4 Å². The van der Waals surface area contributed by atoms with Crippen LogP contribution in [-0.4, -0.2) is 44.3 Å². The molecule has 0 radical (unpaired) electrons. The number of carboxylic acid groups (broad SMARTS) is 4. The number of carbonyl (C=O) groups is 4. The maximum atomic E-state index is 10.7. The summed E-state index contributed by atoms with van der Waals surface area (Å²) in [4.78, 5) is 42.4. The molecule has 8 nitrogen and oxygen atoms in total. The van der Waals surface area contributed by atoms with Crippen LogP contribution in [0.15, 0.2) is 47.1 Å². The van der Waals surface area contributed by atoms with Crippen LogP contribution in [0.4, 0.5) is 0 Å². The third-order valence-electron chi connectivity index (χ3n) is 3.77. The average Bonchev–Trinajstić information content (AvgIpc) is 2.54. The van der Waals surface area contributed by atoms with Crippen molar-refractivity contribution in [2.45, 2.75) is 19.8 Å². The van der Waals surface area contributed by atoms with E-state index in [9.17, 15) is 19.2 Å². The quantitative estimate of drug-likeness (QED) is 0.560. The fourth-order valence-electron chi connectivity index (χ4n) is 2.48. The molecule has 2 aliphatic carbocycles. The van der Waals surface area contributed by atoms with Crippen LogP contribution < -0.4 is 0 Å². The van der Waals surface area contributed by atoms with Crippen molar-refractivity contribution in [3.8, 4) is 0 Å². The van der Waals surface area contributed by atoms with Crippen molar-refractivity contribution in [1.82, 2.24) is 0 Å². The number of carboxylic acids is 4. The van der Waals surface area contributed by atoms with Gasteiger partial charge in [0.25, 0.3) is 0 Å². The molecule has 0 spiro atoms. The van der Waals surface area contributed by atoms with Crippen LogP contribution in [0.2, 0.25) is 0 Å². The van der Waals surface area contributed by atoms with E-state index in [2.05, 4.69) is 0 Å². The van der Waals surface area contributed by atoms with Crippen LogP contribution >= 0.6 is 0 Å². The van der Waals surface area contributed by atoms with Gasteiger partial charge >= 0.3 is 23.9 Å². The van der Waals surface area contributed by atoms with E-state index in [1.54, 1.807) is 31.2 Å². The summed E-state index contributed by atoms with van der Waals surface area (Å²) in [5, 5.41) is 34.7. The number of allylic oxidation sites excluding steroid dienone is 4. The molecule has 8 heteroatoms. The zero-order valence-corrected chi connectivity index (χ0v) is 13.4. The molecule has 2 atom stereocenters. The van der Waals surface area contributed by atoms with Gasteiger partial charge in [-0.05, 0) is 19.8 Å². The molecule has 0 amide bonds. The number of aliphatic carboxylic acids is 4. The topological polar surface area (TPSA) is 149 Å². The second-order valence-electron chi connectivity index (χ2n) is 5.42. The number of rotatable bonds is 4. The predicted octanol–water partition coefficient (Wildman–Crippen LogP) is 1.71. The van der Waals surface area contributed by atoms with Crippen molar-refractivity contribution < 1.29 is 39.6 Å². The Hall–Kier alpha value is -3.16. The van der Waals surface area contributed by atoms with E-state index < -0.39 is 35.7 Å². The number of hydrogen-bond donors (Lipinski definition) is 4. The van der Waals surface area contributed by atoms with E-state index in [1.807, 2.05) is 0 Å². The Balaban J connectivity index is 0.000000251. The van der Waals surface area contributed by atoms with E-state index in [-0.39, 0.29) is 24.0 Å². The Morgan fingerprint density at radius 2 is 1.36 bits per heavy atom. The van der Waals surface area contributed by atoms with Crippen molar-refractivity contribution in [3.05, 3.63) is 47.1 Å². The van der Waals surface area contributed by atoms with Gasteiger partial charge in [-0.1, -0.05) is 36.0 Å². The second kappa shape index (κ2) is 8.62. The zero-order valence-electron chi connectivity index (χ0n) is 13.4. The first-order valence-electron chi connectivity index (χ1n) is 7.31. The molecule has 134 valence electrons. The molecular weight excluding hydrogens is 332 g/mol. The summed E-state index contributed by atoms with van der Waals surface area (Å²) < 4.78 is 0. The third-order valence-corrected chi connectivity index (χ3v) is 3.77. The number of hydrogen-bond acceptors (Lipinski definition) is 4. The minimum Gasteiger partial charge on any atom is -0.481 e. The highest BCUT2D eigenvalue weighted by Crippen LogP contribution is 2.26. The molecule has 0 aromatic carbocycles. The van der Waals surface area contributed by atoms with Crippen molar-refractivity contribution >= 4 is 23.9 Å². The first-order valence-corrected chi connectivity index (χ1v) is 7.31. The van der Waals surface area contributed by atoms with Gasteiger partial charge in [-0.25, -0.2) is 9.59 Å². The molecule has 0 aliphatic heterocycles. The van der Waals surface area contributed by atoms with Crippen LogP contribution in [0.1, 0.15) is 19.8 Å². The smallest absolute Gasteiger partial charge is 0.332 e. The van der Waals surface area contributed by atoms with E-state index >= 15 is 0 Å². The molecule has 2 rings (SSSR count). The Bertz CT molecular complexity index is 680. The average molecular weight is 350 g/mol. The summed E-state index contributed by atoms with van der Waals surface area (Å²) in [6.45, 7) is 1.62. The molecule has 2 unspecified atom stereocenters. The first-order chi connectivity index (χ1) is 11.7. The van der Waals surface area contributed by atoms with E-state index in [0.717, 1.165) is 0 Å². The van der Waals surface area contributed by atoms with Crippen LogP contribution in [0, 0.1) is 11.8 Å². The third kappa shape index (κ3) is 5.17. The lowest BCUT2D eigenvalue weighted by atomic mass is 9.83. The second-order valence-corrected chi connectivity index (χ2v) is 5.42. The zero-order chi connectivity index (χ0) is 19.1. The molecule has 2 aliphatic rings. The molecular formula is C17H18O8. The van der Waals surface area contributed by atoms with Crippen molar-refractivity contribution in [2.75, 3.05) is 0 Å². The fourth-order valence-corrected chi connectivity index (χ4v) is 2.48. The van der Waals surface area contributed by atoms with E-state index in [0.29, 0.717) is 5.57 Å². The largest absolute Gasteiger partial charge is 0.481 e. The molecule has 25 heavy (non-hydrogen) atoms. The lowest BCUT2D eigenvalue weighted by Crippen LogP contribution is -2.30. The highest BCUT2D eigenvalue weighted by atomic mass is 16.4. The SMILES string of the molecule is CC1=CC=CC(C(=O)O)C1C(=O)O.O=C(O)C1=C(C(=O)O)CC=CC1. The molecule has 0 aromatic heterocycles. The van der Waals surface area contributed by atoms with Crippen LogP contribution in [0.5, 0.6) is 0 Å². The van der Waals surface area contributed by atoms with Crippen molar-refractivity contribution in [2.24, 2.45) is 11.8 Å². The van der Waals surface area contributed by atoms with E-state index in [4.69, 9.17) is 20.4 Å². The van der Waals surface area contributed by atoms with Gasteiger partial charge in [-0.15, -0.1) is 0 Å². The Morgan fingerprint density at radius 3 is 1.68 bits per heavy atom. The van der Waals surface area contributed by atoms with Gasteiger partial charge in [0, 0.05) is 0 Å². The molecule has 0 bridgehead atoms. The van der Waals surface area contributed by atoms with Crippen molar-refractivity contribution in [1.29, 1.82) is 0 Å². The molecule has 0 heterocycles. The molecule has 0 saturated carbocycles. The first kappa shape index (κ1) is 19.9. The van der Waals surface area contributed by atoms with Gasteiger partial charge in [-0.3, -0.25) is 9.59 Å². The molecule has 0 aromatic rings. The van der Waals surface area contributed by atoms with Crippen molar-refractivity contribution in [3.63, 3.8) is 0 Å². The van der Waals surface area contributed by atoms with Gasteiger partial charge in [-0.2, -0.15) is 0 Å². The van der Waals surface area contributed by atoms with Crippen LogP contribution in [-0.2, 0) is 19.2 Å². The minimum atomic E-state index is -1.14. The summed E-state index contributed by atoms with van der Waals surface area (Å²) in [6.07, 6.45) is 8.33. The molecule has 0 saturated heterocycles. The fraction of sp³-hybridized carbons (Fsp3) is 0.294. The summed E-state index contributed by atoms with van der Waals surface area (Å²) in [6, 6.07) is 0. The minimum absolute atomic E-state index is 0.00926. The Labute approximate surface area is 143 Å². The van der Waals surface area contributed by atoms with Gasteiger partial charge in [0.1, 0.15) is 0 Å². The predicted molar refractivity (Wildman–Crippen MR) is 85.8 cm³/mol. The molecule has 4 N–H and O–H groups in total. The maximum Gasteiger partial charge on any atom is 0.332 e. The Kier molecular flexibility index (Phi) is 6.86. The summed E-state index contributed by atoms with van der Waals surface area (Å²) in [5.74, 6) is -6.35. The normalized spacial score (nSPS) is 21.7. The van der Waals surface area contributed by atoms with E-state index in [1.165, 1.54) is 6.08 Å². The highest BCUT2D eigenvalue weighted by molar-refractivity contribution is 5.99. The van der Waals surface area contributed by atoms with Gasteiger partial charge in [0.2, 0.25) is 0 Å². The summed E-state index contributed by atoms with van der Waals surface area (Å²) in [7, 11) is 0. The van der Waals surface area contributed by atoms with Crippen LogP contribution in [0.3, 0.4) is 0 Å². The molecule has 0 fully saturated rings. The van der Waals surface area contributed by atoms with Crippen LogP contribution in [0.25, 0.3) is 0 Å². The lowest BCUT2D eigenvalue weighted by Gasteiger charge is -2.20. The van der Waals surface area contributed by atoms with Gasteiger partial charge in [0.05, 0.1) is 23.0 Å². The monoisotopic (exact) mass is 350 g/mol. The lowest BCUT2D eigenvalue weighted by molar-refractivity contribution is -0.150. The van der Waals surface area contributed by atoms with Gasteiger partial charge in [0.15, 0.2) is 0 Å². The highest BCUT2D eigenvalue weighted by Gasteiger charge is 2.34. The summed E-state index contributed by atoms with van der Waals surface area (Å²) in [5.41, 5.74) is 0.553.